The number of ether oxygens (including phenoxy) is 4. The highest BCUT2D eigenvalue weighted by atomic mass is 16.6. The number of esters is 1. The number of carbonyl (C=O) groups is 2. The summed E-state index contributed by atoms with van der Waals surface area (Å²) in [5.74, 6) is 0.0223. The van der Waals surface area contributed by atoms with Crippen LogP contribution < -0.4 is 14.8 Å². The lowest BCUT2D eigenvalue weighted by Gasteiger charge is -2.34. The quantitative estimate of drug-likeness (QED) is 0.515. The molecule has 0 spiro atoms. The highest BCUT2D eigenvalue weighted by molar-refractivity contribution is 6.04. The van der Waals surface area contributed by atoms with Gasteiger partial charge < -0.3 is 24.3 Å². The second kappa shape index (κ2) is 9.80. The molecule has 2 aliphatic rings. The SMILES string of the molecule is CCOCCOC(=O)C1=C(C)NC2=C(C(=O)CCC2)[C@H]1c1cccc(OC)c1OC. The van der Waals surface area contributed by atoms with Gasteiger partial charge in [-0.05, 0) is 32.8 Å². The van der Waals surface area contributed by atoms with Crippen molar-refractivity contribution in [1.82, 2.24) is 5.32 Å². The first-order chi connectivity index (χ1) is 14.5. The van der Waals surface area contributed by atoms with Crippen LogP contribution in [0.5, 0.6) is 11.5 Å². The van der Waals surface area contributed by atoms with Crippen LogP contribution in [0.3, 0.4) is 0 Å². The van der Waals surface area contributed by atoms with E-state index >= 15 is 0 Å². The molecule has 0 unspecified atom stereocenters. The van der Waals surface area contributed by atoms with Gasteiger partial charge in [0, 0.05) is 35.6 Å². The Balaban J connectivity index is 2.09. The summed E-state index contributed by atoms with van der Waals surface area (Å²) in [6.45, 7) is 4.73. The third kappa shape index (κ3) is 4.21. The Labute approximate surface area is 177 Å². The summed E-state index contributed by atoms with van der Waals surface area (Å²) in [5.41, 5.74) is 3.27. The standard InChI is InChI=1S/C23H29NO6/c1-5-29-12-13-30-23(26)19-14(2)24-16-9-7-10-17(25)21(16)20(19)15-8-6-11-18(27-3)22(15)28-4/h6,8,11,20,24H,5,7,9-10,12-13H2,1-4H3/t20-/m0/s1. The molecule has 0 aromatic heterocycles. The molecule has 7 nitrogen and oxygen atoms in total. The van der Waals surface area contributed by atoms with Crippen molar-refractivity contribution < 1.29 is 28.5 Å². The van der Waals surface area contributed by atoms with Crippen molar-refractivity contribution in [2.75, 3.05) is 34.0 Å². The lowest BCUT2D eigenvalue weighted by Crippen LogP contribution is -2.34. The molecule has 0 saturated carbocycles. The Morgan fingerprint density at radius 3 is 2.67 bits per heavy atom. The van der Waals surface area contributed by atoms with E-state index in [2.05, 4.69) is 5.32 Å². The van der Waals surface area contributed by atoms with Crippen molar-refractivity contribution in [3.8, 4) is 11.5 Å². The zero-order valence-corrected chi connectivity index (χ0v) is 18.0. The third-order valence-electron chi connectivity index (χ3n) is 5.41. The molecule has 30 heavy (non-hydrogen) atoms. The molecule has 0 saturated heterocycles. The van der Waals surface area contributed by atoms with Crippen LogP contribution in [0, 0.1) is 0 Å². The Kier molecular flexibility index (Phi) is 7.15. The fourth-order valence-corrected chi connectivity index (χ4v) is 4.12. The molecule has 0 amide bonds. The largest absolute Gasteiger partial charge is 0.493 e. The van der Waals surface area contributed by atoms with E-state index in [1.807, 2.05) is 26.0 Å². The van der Waals surface area contributed by atoms with Gasteiger partial charge in [-0.15, -0.1) is 0 Å². The molecule has 0 bridgehead atoms. The number of benzene rings is 1. The molecule has 1 N–H and O–H groups in total. The number of hydrogen-bond acceptors (Lipinski definition) is 7. The molecular weight excluding hydrogens is 386 g/mol. The van der Waals surface area contributed by atoms with E-state index in [1.165, 1.54) is 0 Å². The Morgan fingerprint density at radius 1 is 1.17 bits per heavy atom. The zero-order chi connectivity index (χ0) is 21.7. The van der Waals surface area contributed by atoms with E-state index in [-0.39, 0.29) is 12.4 Å². The molecule has 0 fully saturated rings. The lowest BCUT2D eigenvalue weighted by atomic mass is 9.75. The highest BCUT2D eigenvalue weighted by Crippen LogP contribution is 2.47. The number of carbonyl (C=O) groups excluding carboxylic acids is 2. The first-order valence-electron chi connectivity index (χ1n) is 10.2. The number of Topliss-reactive ketones (excluding diaryl/α,β-unsaturated/α-hetero) is 1. The second-order valence-corrected chi connectivity index (χ2v) is 7.18. The van der Waals surface area contributed by atoms with Gasteiger partial charge in [0.15, 0.2) is 17.3 Å². The Bertz CT molecular complexity index is 886. The van der Waals surface area contributed by atoms with Crippen LogP contribution in [0.15, 0.2) is 40.7 Å². The fraction of sp³-hybridized carbons (Fsp3) is 0.478. The van der Waals surface area contributed by atoms with E-state index in [9.17, 15) is 9.59 Å². The first kappa shape index (κ1) is 21.9. The van der Waals surface area contributed by atoms with Crippen LogP contribution in [-0.4, -0.2) is 45.8 Å². The number of ketones is 1. The minimum Gasteiger partial charge on any atom is -0.493 e. The highest BCUT2D eigenvalue weighted by Gasteiger charge is 2.40. The van der Waals surface area contributed by atoms with E-state index < -0.39 is 11.9 Å². The van der Waals surface area contributed by atoms with E-state index in [1.54, 1.807) is 20.3 Å². The number of para-hydroxylation sites is 1. The summed E-state index contributed by atoms with van der Waals surface area (Å²) in [6.07, 6.45) is 2.00. The van der Waals surface area contributed by atoms with Crippen molar-refractivity contribution in [3.05, 3.63) is 46.3 Å². The van der Waals surface area contributed by atoms with Crippen LogP contribution in [0.25, 0.3) is 0 Å². The number of methoxy groups -OCH3 is 2. The van der Waals surface area contributed by atoms with Gasteiger partial charge >= 0.3 is 5.97 Å². The molecule has 1 aromatic rings. The lowest BCUT2D eigenvalue weighted by molar-refractivity contribution is -0.140. The van der Waals surface area contributed by atoms with Crippen molar-refractivity contribution in [2.45, 2.75) is 39.0 Å². The molecule has 1 aromatic carbocycles. The Hall–Kier alpha value is -2.80. The van der Waals surface area contributed by atoms with E-state index in [0.717, 1.165) is 18.5 Å². The van der Waals surface area contributed by atoms with Crippen LogP contribution in [0.1, 0.15) is 44.6 Å². The summed E-state index contributed by atoms with van der Waals surface area (Å²) >= 11 is 0. The maximum atomic E-state index is 13.1. The zero-order valence-electron chi connectivity index (χ0n) is 18.0. The van der Waals surface area contributed by atoms with Crippen LogP contribution >= 0.6 is 0 Å². The van der Waals surface area contributed by atoms with Gasteiger partial charge in [-0.1, -0.05) is 12.1 Å². The molecule has 7 heteroatoms. The molecule has 1 aliphatic heterocycles. The van der Waals surface area contributed by atoms with Crippen LogP contribution in [0.2, 0.25) is 0 Å². The van der Waals surface area contributed by atoms with Crippen LogP contribution in [0.4, 0.5) is 0 Å². The van der Waals surface area contributed by atoms with Gasteiger partial charge in [-0.25, -0.2) is 4.79 Å². The van der Waals surface area contributed by atoms with Gasteiger partial charge in [-0.2, -0.15) is 0 Å². The number of nitrogens with one attached hydrogen (secondary N) is 1. The third-order valence-corrected chi connectivity index (χ3v) is 5.41. The normalized spacial score (nSPS) is 18.7. The summed E-state index contributed by atoms with van der Waals surface area (Å²) < 4.78 is 21.8. The maximum Gasteiger partial charge on any atom is 0.336 e. The van der Waals surface area contributed by atoms with Gasteiger partial charge in [0.1, 0.15) is 6.61 Å². The van der Waals surface area contributed by atoms with Gasteiger partial charge in [0.05, 0.1) is 32.3 Å². The van der Waals surface area contributed by atoms with Crippen LogP contribution in [-0.2, 0) is 19.1 Å². The Morgan fingerprint density at radius 2 is 1.97 bits per heavy atom. The smallest absolute Gasteiger partial charge is 0.336 e. The van der Waals surface area contributed by atoms with E-state index in [0.29, 0.717) is 53.5 Å². The van der Waals surface area contributed by atoms with Crippen molar-refractivity contribution >= 4 is 11.8 Å². The average molecular weight is 415 g/mol. The minimum atomic E-state index is -0.585. The summed E-state index contributed by atoms with van der Waals surface area (Å²) in [5, 5.41) is 3.28. The summed E-state index contributed by atoms with van der Waals surface area (Å²) in [4.78, 5) is 26.1. The van der Waals surface area contributed by atoms with Gasteiger partial charge in [-0.3, -0.25) is 4.79 Å². The van der Waals surface area contributed by atoms with Crippen molar-refractivity contribution in [3.63, 3.8) is 0 Å². The molecule has 0 radical (unpaired) electrons. The average Bonchev–Trinajstić information content (AvgIpc) is 2.75. The minimum absolute atomic E-state index is 0.0331. The first-order valence-corrected chi connectivity index (χ1v) is 10.2. The molecular formula is C23H29NO6. The second-order valence-electron chi connectivity index (χ2n) is 7.18. The fourth-order valence-electron chi connectivity index (χ4n) is 4.12. The maximum absolute atomic E-state index is 13.1. The van der Waals surface area contributed by atoms with Crippen molar-refractivity contribution in [2.24, 2.45) is 0 Å². The molecule has 3 rings (SSSR count). The molecule has 1 heterocycles. The predicted octanol–water partition coefficient (Wildman–Crippen LogP) is 3.25. The topological polar surface area (TPSA) is 83.1 Å². The number of rotatable bonds is 8. The van der Waals surface area contributed by atoms with Crippen molar-refractivity contribution in [1.29, 1.82) is 0 Å². The summed E-state index contributed by atoms with van der Waals surface area (Å²) in [7, 11) is 3.11. The van der Waals surface area contributed by atoms with E-state index in [4.69, 9.17) is 18.9 Å². The molecule has 162 valence electrons. The van der Waals surface area contributed by atoms with Gasteiger partial charge in [0.25, 0.3) is 0 Å². The monoisotopic (exact) mass is 415 g/mol. The number of dihydropyridines is 1. The number of allylic oxidation sites excluding steroid dienone is 3. The molecule has 1 aliphatic carbocycles. The predicted molar refractivity (Wildman–Crippen MR) is 111 cm³/mol. The summed E-state index contributed by atoms with van der Waals surface area (Å²) in [6, 6.07) is 5.49. The number of hydrogen-bond donors (Lipinski definition) is 1. The molecule has 1 atom stereocenters. The van der Waals surface area contributed by atoms with Gasteiger partial charge in [0.2, 0.25) is 0 Å².